The lowest BCUT2D eigenvalue weighted by molar-refractivity contribution is -0.0296. The molecular weight excluding hydrogens is 176 g/mol. The Bertz CT molecular complexity index is 254. The zero-order valence-corrected chi connectivity index (χ0v) is 8.86. The third kappa shape index (κ3) is 3.90. The Balaban J connectivity index is 2.50. The predicted molar refractivity (Wildman–Crippen MR) is 57.3 cm³/mol. The Morgan fingerprint density at radius 3 is 2.50 bits per heavy atom. The summed E-state index contributed by atoms with van der Waals surface area (Å²) in [4.78, 5) is 0. The molecule has 0 radical (unpaired) electrons. The molecule has 0 bridgehead atoms. The Labute approximate surface area is 85.5 Å². The molecule has 14 heavy (non-hydrogen) atoms. The summed E-state index contributed by atoms with van der Waals surface area (Å²) in [7, 11) is 0. The highest BCUT2D eigenvalue weighted by Crippen LogP contribution is 2.13. The van der Waals surface area contributed by atoms with Crippen LogP contribution >= 0.6 is 0 Å². The molecule has 0 amide bonds. The lowest BCUT2D eigenvalue weighted by Gasteiger charge is -2.22. The molecule has 2 nitrogen and oxygen atoms in total. The van der Waals surface area contributed by atoms with Crippen molar-refractivity contribution in [1.29, 1.82) is 0 Å². The largest absolute Gasteiger partial charge is 0.387 e. The van der Waals surface area contributed by atoms with E-state index in [0.29, 0.717) is 19.6 Å². The maximum Gasteiger partial charge on any atom is 0.0892 e. The van der Waals surface area contributed by atoms with Crippen LogP contribution in [0.25, 0.3) is 0 Å². The summed E-state index contributed by atoms with van der Waals surface area (Å²) in [6.45, 7) is 4.76. The van der Waals surface area contributed by atoms with Gasteiger partial charge in [0.05, 0.1) is 12.2 Å². The van der Waals surface area contributed by atoms with Gasteiger partial charge in [0.15, 0.2) is 0 Å². The highest BCUT2D eigenvalue weighted by atomic mass is 16.5. The van der Waals surface area contributed by atoms with E-state index in [-0.39, 0.29) is 0 Å². The smallest absolute Gasteiger partial charge is 0.0892 e. The summed E-state index contributed by atoms with van der Waals surface area (Å²) in [5.74, 6) is 0. The summed E-state index contributed by atoms with van der Waals surface area (Å²) in [5.41, 5.74) is 0.370. The zero-order valence-electron chi connectivity index (χ0n) is 8.86. The van der Waals surface area contributed by atoms with Crippen molar-refractivity contribution >= 4 is 0 Å². The van der Waals surface area contributed by atoms with E-state index in [1.54, 1.807) is 6.92 Å². The van der Waals surface area contributed by atoms with E-state index in [9.17, 15) is 5.11 Å². The third-order valence-corrected chi connectivity index (χ3v) is 2.04. The van der Waals surface area contributed by atoms with Crippen molar-refractivity contribution in [3.63, 3.8) is 0 Å². The predicted octanol–water partition coefficient (Wildman–Crippen LogP) is 2.02. The van der Waals surface area contributed by atoms with Gasteiger partial charge in [-0.3, -0.25) is 0 Å². The van der Waals surface area contributed by atoms with Gasteiger partial charge in [0.2, 0.25) is 0 Å². The van der Waals surface area contributed by atoms with E-state index >= 15 is 0 Å². The van der Waals surface area contributed by atoms with Gasteiger partial charge in [0, 0.05) is 13.0 Å². The third-order valence-electron chi connectivity index (χ3n) is 2.04. The van der Waals surface area contributed by atoms with E-state index in [1.165, 1.54) is 0 Å². The van der Waals surface area contributed by atoms with E-state index in [4.69, 9.17) is 4.74 Å². The lowest BCUT2D eigenvalue weighted by atomic mass is 9.98. The number of hydrogen-bond donors (Lipinski definition) is 1. The normalized spacial score (nSPS) is 15.1. The molecule has 0 aromatic heterocycles. The Kier molecular flexibility index (Phi) is 4.11. The van der Waals surface area contributed by atoms with E-state index < -0.39 is 5.60 Å². The molecule has 78 valence electrons. The summed E-state index contributed by atoms with van der Waals surface area (Å²) < 4.78 is 5.22. The molecule has 0 aliphatic carbocycles. The van der Waals surface area contributed by atoms with Gasteiger partial charge in [-0.05, 0) is 19.4 Å². The topological polar surface area (TPSA) is 29.5 Å². The van der Waals surface area contributed by atoms with Crippen molar-refractivity contribution in [2.24, 2.45) is 0 Å². The van der Waals surface area contributed by atoms with Crippen molar-refractivity contribution < 1.29 is 9.84 Å². The zero-order chi connectivity index (χ0) is 10.4. The number of aliphatic hydroxyl groups is 1. The fourth-order valence-electron chi connectivity index (χ4n) is 1.41. The van der Waals surface area contributed by atoms with E-state index in [2.05, 4.69) is 0 Å². The van der Waals surface area contributed by atoms with Gasteiger partial charge in [-0.25, -0.2) is 0 Å². The molecule has 1 unspecified atom stereocenters. The molecule has 0 aliphatic rings. The van der Waals surface area contributed by atoms with Crippen LogP contribution in [-0.4, -0.2) is 23.9 Å². The molecule has 1 N–H and O–H groups in total. The van der Waals surface area contributed by atoms with Crippen molar-refractivity contribution in [3.8, 4) is 0 Å². The maximum absolute atomic E-state index is 9.97. The second-order valence-corrected chi connectivity index (χ2v) is 3.80. The van der Waals surface area contributed by atoms with Crippen LogP contribution in [0, 0.1) is 0 Å². The van der Waals surface area contributed by atoms with Crippen molar-refractivity contribution in [2.75, 3.05) is 13.2 Å². The standard InChI is InChI=1S/C12H18O2/c1-3-14-10-12(2,13)9-11-7-5-4-6-8-11/h4-8,13H,3,9-10H2,1-2H3. The van der Waals surface area contributed by atoms with Crippen molar-refractivity contribution in [1.82, 2.24) is 0 Å². The molecule has 0 saturated heterocycles. The molecule has 0 fully saturated rings. The fraction of sp³-hybridized carbons (Fsp3) is 0.500. The van der Waals surface area contributed by atoms with Crippen LogP contribution in [0.2, 0.25) is 0 Å². The van der Waals surface area contributed by atoms with Crippen LogP contribution in [0.1, 0.15) is 19.4 Å². The highest BCUT2D eigenvalue weighted by molar-refractivity contribution is 5.16. The van der Waals surface area contributed by atoms with Gasteiger partial charge in [-0.1, -0.05) is 30.3 Å². The Morgan fingerprint density at radius 1 is 1.29 bits per heavy atom. The van der Waals surface area contributed by atoms with Crippen molar-refractivity contribution in [3.05, 3.63) is 35.9 Å². The number of ether oxygens (including phenoxy) is 1. The first-order chi connectivity index (χ1) is 6.64. The van der Waals surface area contributed by atoms with E-state index in [0.717, 1.165) is 5.56 Å². The van der Waals surface area contributed by atoms with Crippen LogP contribution in [0.15, 0.2) is 30.3 Å². The summed E-state index contributed by atoms with van der Waals surface area (Å²) in [5, 5.41) is 9.97. The molecule has 1 atom stereocenters. The molecule has 0 heterocycles. The molecule has 1 aromatic carbocycles. The first kappa shape index (κ1) is 11.2. The molecule has 1 aromatic rings. The SMILES string of the molecule is CCOCC(C)(O)Cc1ccccc1. The minimum absolute atomic E-state index is 0.387. The van der Waals surface area contributed by atoms with Crippen LogP contribution in [-0.2, 0) is 11.2 Å². The average Bonchev–Trinajstić information content (AvgIpc) is 2.16. The molecule has 1 rings (SSSR count). The van der Waals surface area contributed by atoms with Crippen LogP contribution < -0.4 is 0 Å². The second kappa shape index (κ2) is 5.13. The summed E-state index contributed by atoms with van der Waals surface area (Å²) >= 11 is 0. The van der Waals surface area contributed by atoms with Gasteiger partial charge in [-0.15, -0.1) is 0 Å². The number of hydrogen-bond acceptors (Lipinski definition) is 2. The van der Waals surface area contributed by atoms with Gasteiger partial charge in [0.25, 0.3) is 0 Å². The number of rotatable bonds is 5. The molecule has 0 spiro atoms. The summed E-state index contributed by atoms with van der Waals surface area (Å²) in [6.07, 6.45) is 0.633. The fourth-order valence-corrected chi connectivity index (χ4v) is 1.41. The molecular formula is C12H18O2. The minimum Gasteiger partial charge on any atom is -0.387 e. The minimum atomic E-state index is -0.767. The maximum atomic E-state index is 9.97. The molecule has 2 heteroatoms. The second-order valence-electron chi connectivity index (χ2n) is 3.80. The first-order valence-corrected chi connectivity index (χ1v) is 4.98. The van der Waals surface area contributed by atoms with Gasteiger partial charge >= 0.3 is 0 Å². The van der Waals surface area contributed by atoms with Crippen LogP contribution in [0.4, 0.5) is 0 Å². The quantitative estimate of drug-likeness (QED) is 0.777. The average molecular weight is 194 g/mol. The van der Waals surface area contributed by atoms with Crippen molar-refractivity contribution in [2.45, 2.75) is 25.9 Å². The van der Waals surface area contributed by atoms with Gasteiger partial charge in [0.1, 0.15) is 0 Å². The Hall–Kier alpha value is -0.860. The summed E-state index contributed by atoms with van der Waals surface area (Å²) in [6, 6.07) is 9.96. The van der Waals surface area contributed by atoms with Crippen LogP contribution in [0.5, 0.6) is 0 Å². The van der Waals surface area contributed by atoms with E-state index in [1.807, 2.05) is 37.3 Å². The lowest BCUT2D eigenvalue weighted by Crippen LogP contribution is -2.33. The monoisotopic (exact) mass is 194 g/mol. The molecule has 0 aliphatic heterocycles. The number of benzene rings is 1. The highest BCUT2D eigenvalue weighted by Gasteiger charge is 2.20. The van der Waals surface area contributed by atoms with Crippen LogP contribution in [0.3, 0.4) is 0 Å². The Morgan fingerprint density at radius 2 is 1.93 bits per heavy atom. The van der Waals surface area contributed by atoms with Gasteiger partial charge < -0.3 is 9.84 Å². The molecule has 0 saturated carbocycles. The van der Waals surface area contributed by atoms with Gasteiger partial charge in [-0.2, -0.15) is 0 Å². The first-order valence-electron chi connectivity index (χ1n) is 4.98.